The van der Waals surface area contributed by atoms with Crippen molar-refractivity contribution in [3.05, 3.63) is 101 Å². The van der Waals surface area contributed by atoms with Crippen LogP contribution < -0.4 is 4.74 Å². The Bertz CT molecular complexity index is 1180. The first-order valence-corrected chi connectivity index (χ1v) is 14.8. The highest BCUT2D eigenvalue weighted by molar-refractivity contribution is 7.97. The van der Waals surface area contributed by atoms with Crippen molar-refractivity contribution in [2.24, 2.45) is 5.92 Å². The van der Waals surface area contributed by atoms with E-state index in [1.165, 1.54) is 21.1 Å². The van der Waals surface area contributed by atoms with Crippen LogP contribution in [-0.4, -0.2) is 25.2 Å². The smallest absolute Gasteiger partial charge is 0.371 e. The van der Waals surface area contributed by atoms with Gasteiger partial charge in [-0.25, -0.2) is 4.79 Å². The number of halogens is 3. The Balaban J connectivity index is 0.000000285. The van der Waals surface area contributed by atoms with Crippen molar-refractivity contribution in [1.29, 1.82) is 0 Å². The molecule has 0 heterocycles. The number of esters is 1. The van der Waals surface area contributed by atoms with Gasteiger partial charge in [0, 0.05) is 17.7 Å². The fraction of sp³-hybridized carbons (Fsp3) is 0.364. The van der Waals surface area contributed by atoms with Crippen LogP contribution >= 0.6 is 0 Å². The van der Waals surface area contributed by atoms with Crippen LogP contribution in [-0.2, 0) is 15.7 Å². The Morgan fingerprint density at radius 1 is 0.900 bits per heavy atom. The first-order valence-electron chi connectivity index (χ1n) is 13.6. The van der Waals surface area contributed by atoms with Crippen LogP contribution in [0.1, 0.15) is 50.2 Å². The highest BCUT2D eigenvalue weighted by atomic mass is 32.2. The lowest BCUT2D eigenvalue weighted by Gasteiger charge is -2.30. The van der Waals surface area contributed by atoms with E-state index in [4.69, 9.17) is 4.74 Å². The van der Waals surface area contributed by atoms with Crippen molar-refractivity contribution < 1.29 is 22.7 Å². The predicted octanol–water partition coefficient (Wildman–Crippen LogP) is 9.38. The second-order valence-corrected chi connectivity index (χ2v) is 12.2. The van der Waals surface area contributed by atoms with Crippen LogP contribution in [0.2, 0.25) is 0 Å². The summed E-state index contributed by atoms with van der Waals surface area (Å²) in [5.74, 6) is 0.645. The van der Waals surface area contributed by atoms with E-state index in [0.717, 1.165) is 36.8 Å². The van der Waals surface area contributed by atoms with Gasteiger partial charge >= 0.3 is 12.1 Å². The van der Waals surface area contributed by atoms with Crippen LogP contribution in [0.4, 0.5) is 13.2 Å². The SMILES string of the molecule is C=C(C)C(=O)Oc1c(C)cc([S+](c2ccccc2)c2ccccc2)cc1C.FC(F)(F)C[N-]CC1CCCCC1. The number of alkyl halides is 3. The molecule has 1 aliphatic rings. The van der Waals surface area contributed by atoms with Crippen LogP contribution in [0.15, 0.2) is 99.6 Å². The zero-order chi connectivity index (χ0) is 29.1. The molecule has 1 fully saturated rings. The molecule has 0 unspecified atom stereocenters. The van der Waals surface area contributed by atoms with Gasteiger partial charge in [-0.3, -0.25) is 0 Å². The topological polar surface area (TPSA) is 40.4 Å². The Labute approximate surface area is 239 Å². The molecule has 0 saturated heterocycles. The summed E-state index contributed by atoms with van der Waals surface area (Å²) in [7, 11) is -0.223. The molecule has 0 radical (unpaired) electrons. The molecule has 214 valence electrons. The van der Waals surface area contributed by atoms with E-state index < -0.39 is 12.7 Å². The number of benzene rings is 3. The third-order valence-electron chi connectivity index (χ3n) is 6.57. The standard InChI is InChI=1S/C24H23O2S.C9H15F3N/c1-17(2)24(25)26-23-18(3)15-22(16-19(23)4)27(20-11-7-5-8-12-20)21-13-9-6-10-14-21;10-9(11,12)7-13-6-8-4-2-1-3-5-8/h5-16H,1H2,2-4H3;8H,1-7H2/q+1;-1. The molecule has 0 atom stereocenters. The zero-order valence-electron chi connectivity index (χ0n) is 23.5. The summed E-state index contributed by atoms with van der Waals surface area (Å²) in [6.07, 6.45) is 1.55. The molecule has 0 amide bonds. The maximum absolute atomic E-state index is 12.0. The van der Waals surface area contributed by atoms with Gasteiger partial charge in [0.25, 0.3) is 0 Å². The first kappa shape index (κ1) is 31.5. The number of hydrogen-bond acceptors (Lipinski definition) is 2. The Kier molecular flexibility index (Phi) is 11.9. The Morgan fingerprint density at radius 2 is 1.40 bits per heavy atom. The van der Waals surface area contributed by atoms with E-state index in [1.54, 1.807) is 6.92 Å². The molecule has 0 aromatic heterocycles. The molecule has 0 N–H and O–H groups in total. The predicted molar refractivity (Wildman–Crippen MR) is 157 cm³/mol. The quantitative estimate of drug-likeness (QED) is 0.117. The number of rotatable bonds is 8. The van der Waals surface area contributed by atoms with E-state index in [2.05, 4.69) is 72.6 Å². The number of hydrogen-bond donors (Lipinski definition) is 0. The number of carbonyl (C=O) groups excluding carboxylic acids is 1. The van der Waals surface area contributed by atoms with Crippen LogP contribution in [0, 0.1) is 19.8 Å². The zero-order valence-corrected chi connectivity index (χ0v) is 24.3. The molecule has 1 aliphatic carbocycles. The fourth-order valence-electron chi connectivity index (χ4n) is 4.63. The van der Waals surface area contributed by atoms with Gasteiger partial charge in [-0.1, -0.05) is 87.5 Å². The molecule has 3 nitrogen and oxygen atoms in total. The minimum atomic E-state index is -4.12. The van der Waals surface area contributed by atoms with Crippen molar-refractivity contribution in [3.63, 3.8) is 0 Å². The fourth-order valence-corrected chi connectivity index (χ4v) is 6.90. The third-order valence-corrected chi connectivity index (χ3v) is 8.77. The molecule has 3 aromatic carbocycles. The minimum Gasteiger partial charge on any atom is -0.655 e. The van der Waals surface area contributed by atoms with E-state index in [-0.39, 0.29) is 16.9 Å². The highest BCUT2D eigenvalue weighted by Crippen LogP contribution is 2.35. The van der Waals surface area contributed by atoms with Crippen molar-refractivity contribution >= 4 is 16.9 Å². The van der Waals surface area contributed by atoms with Gasteiger partial charge in [-0.2, -0.15) is 13.2 Å². The Morgan fingerprint density at radius 3 is 1.85 bits per heavy atom. The molecular weight excluding hydrogens is 531 g/mol. The number of nitrogens with zero attached hydrogens (tertiary/aromatic N) is 1. The van der Waals surface area contributed by atoms with Crippen molar-refractivity contribution in [1.82, 2.24) is 0 Å². The second kappa shape index (κ2) is 15.1. The molecule has 1 saturated carbocycles. The van der Waals surface area contributed by atoms with Crippen LogP contribution in [0.5, 0.6) is 5.75 Å². The largest absolute Gasteiger partial charge is 0.655 e. The summed E-state index contributed by atoms with van der Waals surface area (Å²) in [5, 5.41) is 3.54. The van der Waals surface area contributed by atoms with Gasteiger partial charge in [0.05, 0.1) is 10.9 Å². The minimum absolute atomic E-state index is 0.223. The van der Waals surface area contributed by atoms with Gasteiger partial charge in [-0.05, 0) is 56.2 Å². The van der Waals surface area contributed by atoms with Crippen LogP contribution in [0.25, 0.3) is 5.32 Å². The van der Waals surface area contributed by atoms with Gasteiger partial charge in [0.15, 0.2) is 14.7 Å². The normalized spacial score (nSPS) is 13.9. The van der Waals surface area contributed by atoms with Gasteiger partial charge in [0.1, 0.15) is 5.75 Å². The maximum atomic E-state index is 12.0. The molecule has 40 heavy (non-hydrogen) atoms. The summed E-state index contributed by atoms with van der Waals surface area (Å²) in [6.45, 7) is 8.71. The van der Waals surface area contributed by atoms with E-state index in [9.17, 15) is 18.0 Å². The van der Waals surface area contributed by atoms with E-state index in [0.29, 0.717) is 23.8 Å². The van der Waals surface area contributed by atoms with Crippen molar-refractivity contribution in [2.45, 2.75) is 73.7 Å². The summed E-state index contributed by atoms with van der Waals surface area (Å²) < 4.78 is 40.7. The third kappa shape index (κ3) is 9.86. The summed E-state index contributed by atoms with van der Waals surface area (Å²) in [6, 6.07) is 25.2. The molecule has 0 bridgehead atoms. The summed E-state index contributed by atoms with van der Waals surface area (Å²) in [5.41, 5.74) is 2.29. The van der Waals surface area contributed by atoms with Crippen LogP contribution in [0.3, 0.4) is 0 Å². The Hall–Kier alpha value is -3.03. The van der Waals surface area contributed by atoms with Crippen molar-refractivity contribution in [3.8, 4) is 5.75 Å². The molecule has 3 aromatic rings. The first-order chi connectivity index (χ1) is 19.0. The van der Waals surface area contributed by atoms with Crippen molar-refractivity contribution in [2.75, 3.05) is 13.1 Å². The van der Waals surface area contributed by atoms with Gasteiger partial charge in [0.2, 0.25) is 0 Å². The summed E-state index contributed by atoms with van der Waals surface area (Å²) in [4.78, 5) is 15.7. The lowest BCUT2D eigenvalue weighted by molar-refractivity contribution is -0.130. The number of carbonyl (C=O) groups is 1. The molecular formula is C33H38F3NO2S. The monoisotopic (exact) mass is 569 g/mol. The summed E-state index contributed by atoms with van der Waals surface area (Å²) >= 11 is 0. The lowest BCUT2D eigenvalue weighted by atomic mass is 9.89. The number of aryl methyl sites for hydroxylation is 2. The maximum Gasteiger partial charge on any atom is 0.371 e. The average molecular weight is 570 g/mol. The average Bonchev–Trinajstić information content (AvgIpc) is 2.92. The van der Waals surface area contributed by atoms with Gasteiger partial charge < -0.3 is 10.1 Å². The van der Waals surface area contributed by atoms with E-state index >= 15 is 0 Å². The number of ether oxygens (including phenoxy) is 1. The second-order valence-electron chi connectivity index (χ2n) is 10.2. The van der Waals surface area contributed by atoms with E-state index in [1.807, 2.05) is 26.0 Å². The highest BCUT2D eigenvalue weighted by Gasteiger charge is 2.30. The molecule has 0 aliphatic heterocycles. The lowest BCUT2D eigenvalue weighted by Crippen LogP contribution is -2.17. The van der Waals surface area contributed by atoms with Gasteiger partial charge in [-0.15, -0.1) is 6.54 Å². The molecule has 7 heteroatoms. The molecule has 4 rings (SSSR count). The molecule has 0 spiro atoms.